The van der Waals surface area contributed by atoms with Crippen LogP contribution in [0.4, 0.5) is 5.69 Å². The number of piperidine rings is 1. The van der Waals surface area contributed by atoms with E-state index < -0.39 is 0 Å². The highest BCUT2D eigenvalue weighted by molar-refractivity contribution is 7.99. The number of hydrogen-bond donors (Lipinski definition) is 1. The van der Waals surface area contributed by atoms with Gasteiger partial charge in [0.25, 0.3) is 5.91 Å². The molecule has 4 rings (SSSR count). The van der Waals surface area contributed by atoms with Gasteiger partial charge < -0.3 is 10.2 Å². The van der Waals surface area contributed by atoms with Crippen LogP contribution in [0.3, 0.4) is 0 Å². The molecule has 134 valence electrons. The van der Waals surface area contributed by atoms with Crippen molar-refractivity contribution in [1.29, 1.82) is 0 Å². The number of carbonyl (C=O) groups excluding carboxylic acids is 2. The Bertz CT molecular complexity index is 819. The van der Waals surface area contributed by atoms with Crippen molar-refractivity contribution in [3.63, 3.8) is 0 Å². The van der Waals surface area contributed by atoms with Crippen LogP contribution in [0.15, 0.2) is 53.4 Å². The van der Waals surface area contributed by atoms with Crippen LogP contribution in [0.1, 0.15) is 47.6 Å². The van der Waals surface area contributed by atoms with E-state index in [9.17, 15) is 9.59 Å². The SMILES string of the molecule is O=C(NC1CCSc2ccccc21)c1ccc(N2CCCCC2=O)cc1. The molecule has 0 aromatic heterocycles. The third-order valence-corrected chi connectivity index (χ3v) is 6.15. The molecule has 5 heteroatoms. The van der Waals surface area contributed by atoms with Gasteiger partial charge in [-0.05, 0) is 55.2 Å². The van der Waals surface area contributed by atoms with E-state index in [-0.39, 0.29) is 17.9 Å². The van der Waals surface area contributed by atoms with Crippen LogP contribution in [0.25, 0.3) is 0 Å². The number of benzene rings is 2. The summed E-state index contributed by atoms with van der Waals surface area (Å²) in [5, 5.41) is 3.17. The first-order valence-corrected chi connectivity index (χ1v) is 10.1. The second kappa shape index (κ2) is 7.54. The molecule has 2 aliphatic rings. The molecule has 26 heavy (non-hydrogen) atoms. The maximum atomic E-state index is 12.7. The van der Waals surface area contributed by atoms with Crippen LogP contribution in [-0.2, 0) is 4.79 Å². The Morgan fingerprint density at radius 3 is 2.69 bits per heavy atom. The molecular formula is C21H22N2O2S. The first kappa shape index (κ1) is 17.2. The van der Waals surface area contributed by atoms with Crippen LogP contribution in [0, 0.1) is 0 Å². The van der Waals surface area contributed by atoms with Gasteiger partial charge >= 0.3 is 0 Å². The van der Waals surface area contributed by atoms with Gasteiger partial charge in [0.1, 0.15) is 0 Å². The van der Waals surface area contributed by atoms with Crippen molar-refractivity contribution in [2.24, 2.45) is 0 Å². The fraction of sp³-hybridized carbons (Fsp3) is 0.333. The quantitative estimate of drug-likeness (QED) is 0.887. The van der Waals surface area contributed by atoms with Gasteiger partial charge in [-0.15, -0.1) is 11.8 Å². The first-order chi connectivity index (χ1) is 12.7. The number of fused-ring (bicyclic) bond motifs is 1. The first-order valence-electron chi connectivity index (χ1n) is 9.15. The molecule has 0 bridgehead atoms. The van der Waals surface area contributed by atoms with E-state index in [4.69, 9.17) is 0 Å². The van der Waals surface area contributed by atoms with Crippen molar-refractivity contribution in [3.05, 3.63) is 59.7 Å². The van der Waals surface area contributed by atoms with Gasteiger partial charge in [-0.25, -0.2) is 0 Å². The summed E-state index contributed by atoms with van der Waals surface area (Å²) < 4.78 is 0. The Morgan fingerprint density at radius 2 is 1.88 bits per heavy atom. The average molecular weight is 366 g/mol. The van der Waals surface area contributed by atoms with Crippen molar-refractivity contribution >= 4 is 29.3 Å². The molecule has 1 fully saturated rings. The number of anilines is 1. The Hall–Kier alpha value is -2.27. The Kier molecular flexibility index (Phi) is 4.98. The number of rotatable bonds is 3. The van der Waals surface area contributed by atoms with Crippen molar-refractivity contribution in [3.8, 4) is 0 Å². The number of thioether (sulfide) groups is 1. The summed E-state index contributed by atoms with van der Waals surface area (Å²) in [5.41, 5.74) is 2.72. The van der Waals surface area contributed by atoms with E-state index in [1.54, 1.807) is 0 Å². The lowest BCUT2D eigenvalue weighted by Crippen LogP contribution is -2.35. The monoisotopic (exact) mass is 366 g/mol. The zero-order valence-corrected chi connectivity index (χ0v) is 15.4. The largest absolute Gasteiger partial charge is 0.345 e. The smallest absolute Gasteiger partial charge is 0.251 e. The summed E-state index contributed by atoms with van der Waals surface area (Å²) in [7, 11) is 0. The highest BCUT2D eigenvalue weighted by Crippen LogP contribution is 2.36. The van der Waals surface area contributed by atoms with Gasteiger partial charge in [-0.2, -0.15) is 0 Å². The summed E-state index contributed by atoms with van der Waals surface area (Å²) >= 11 is 1.84. The lowest BCUT2D eigenvalue weighted by Gasteiger charge is -2.27. The molecule has 4 nitrogen and oxygen atoms in total. The van der Waals surface area contributed by atoms with E-state index >= 15 is 0 Å². The van der Waals surface area contributed by atoms with E-state index in [0.29, 0.717) is 12.0 Å². The molecule has 1 unspecified atom stereocenters. The summed E-state index contributed by atoms with van der Waals surface area (Å²) in [4.78, 5) is 27.8. The molecule has 1 atom stereocenters. The molecular weight excluding hydrogens is 344 g/mol. The highest BCUT2D eigenvalue weighted by atomic mass is 32.2. The molecule has 0 saturated carbocycles. The van der Waals surface area contributed by atoms with Gasteiger partial charge in [0, 0.05) is 34.9 Å². The number of nitrogens with zero attached hydrogens (tertiary/aromatic N) is 1. The molecule has 0 spiro atoms. The summed E-state index contributed by atoms with van der Waals surface area (Å²) in [5.74, 6) is 1.12. The van der Waals surface area contributed by atoms with Gasteiger partial charge in [-0.1, -0.05) is 18.2 Å². The van der Waals surface area contributed by atoms with Crippen LogP contribution >= 0.6 is 11.8 Å². The van der Waals surface area contributed by atoms with Gasteiger partial charge in [0.15, 0.2) is 0 Å². The van der Waals surface area contributed by atoms with Crippen molar-refractivity contribution in [2.75, 3.05) is 17.2 Å². The maximum absolute atomic E-state index is 12.7. The minimum atomic E-state index is -0.0618. The van der Waals surface area contributed by atoms with Crippen LogP contribution in [0.5, 0.6) is 0 Å². The minimum Gasteiger partial charge on any atom is -0.345 e. The average Bonchev–Trinajstić information content (AvgIpc) is 2.69. The highest BCUT2D eigenvalue weighted by Gasteiger charge is 2.23. The molecule has 0 radical (unpaired) electrons. The molecule has 2 aromatic rings. The second-order valence-corrected chi connectivity index (χ2v) is 7.89. The molecule has 1 N–H and O–H groups in total. The van der Waals surface area contributed by atoms with Crippen LogP contribution < -0.4 is 10.2 Å². The molecule has 2 heterocycles. The third-order valence-electron chi connectivity index (χ3n) is 5.03. The summed E-state index contributed by atoms with van der Waals surface area (Å²) in [6.45, 7) is 0.765. The fourth-order valence-corrected chi connectivity index (χ4v) is 4.73. The molecule has 0 aliphatic carbocycles. The number of amides is 2. The molecule has 2 aromatic carbocycles. The number of nitrogens with one attached hydrogen (secondary N) is 1. The van der Waals surface area contributed by atoms with E-state index in [0.717, 1.165) is 37.2 Å². The number of hydrogen-bond acceptors (Lipinski definition) is 3. The summed E-state index contributed by atoms with van der Waals surface area (Å²) in [6.07, 6.45) is 3.55. The summed E-state index contributed by atoms with van der Waals surface area (Å²) in [6, 6.07) is 15.7. The van der Waals surface area contributed by atoms with Gasteiger partial charge in [-0.3, -0.25) is 9.59 Å². The van der Waals surface area contributed by atoms with Crippen molar-refractivity contribution < 1.29 is 9.59 Å². The van der Waals surface area contributed by atoms with E-state index in [1.165, 1.54) is 10.5 Å². The Morgan fingerprint density at radius 1 is 1.08 bits per heavy atom. The standard InChI is InChI=1S/C21H22N2O2S/c24-20-7-3-4-13-23(20)16-10-8-15(9-11-16)21(25)22-18-12-14-26-19-6-2-1-5-17(18)19/h1-2,5-6,8-11,18H,3-4,7,12-14H2,(H,22,25). The normalized spacial score (nSPS) is 19.8. The third kappa shape index (κ3) is 3.49. The zero-order chi connectivity index (χ0) is 17.9. The zero-order valence-electron chi connectivity index (χ0n) is 14.6. The van der Waals surface area contributed by atoms with Gasteiger partial charge in [0.05, 0.1) is 6.04 Å². The Labute approximate surface area is 158 Å². The van der Waals surface area contributed by atoms with Crippen LogP contribution in [0.2, 0.25) is 0 Å². The van der Waals surface area contributed by atoms with Crippen molar-refractivity contribution in [2.45, 2.75) is 36.6 Å². The second-order valence-electron chi connectivity index (χ2n) is 6.75. The Balaban J connectivity index is 1.47. The maximum Gasteiger partial charge on any atom is 0.251 e. The molecule has 2 amide bonds. The van der Waals surface area contributed by atoms with Gasteiger partial charge in [0.2, 0.25) is 5.91 Å². The lowest BCUT2D eigenvalue weighted by molar-refractivity contribution is -0.119. The predicted octanol–water partition coefficient (Wildman–Crippen LogP) is 4.17. The molecule has 2 aliphatic heterocycles. The van der Waals surface area contributed by atoms with Crippen molar-refractivity contribution in [1.82, 2.24) is 5.32 Å². The predicted molar refractivity (Wildman–Crippen MR) is 105 cm³/mol. The topological polar surface area (TPSA) is 49.4 Å². The number of carbonyl (C=O) groups is 2. The van der Waals surface area contributed by atoms with Crippen LogP contribution in [-0.4, -0.2) is 24.1 Å². The fourth-order valence-electron chi connectivity index (χ4n) is 3.61. The molecule has 1 saturated heterocycles. The van der Waals surface area contributed by atoms with E-state index in [2.05, 4.69) is 17.4 Å². The lowest BCUT2D eigenvalue weighted by atomic mass is 10.0. The van der Waals surface area contributed by atoms with E-state index in [1.807, 2.05) is 53.1 Å². The minimum absolute atomic E-state index is 0.0586.